The van der Waals surface area contributed by atoms with Crippen LogP contribution in [0.25, 0.3) is 0 Å². The van der Waals surface area contributed by atoms with Crippen molar-refractivity contribution >= 4 is 5.78 Å². The molecule has 0 aromatic rings. The highest BCUT2D eigenvalue weighted by Gasteiger charge is 2.32. The molecule has 2 fully saturated rings. The minimum atomic E-state index is 0.152. The molecule has 2 unspecified atom stereocenters. The highest BCUT2D eigenvalue weighted by molar-refractivity contribution is 5.88. The number of carbonyl (C=O) groups excluding carboxylic acids is 1. The number of carbonyl (C=O) groups is 1. The zero-order valence-electron chi connectivity index (χ0n) is 7.38. The number of hydrogen-bond donors (Lipinski definition) is 0. The average Bonchev–Trinajstić information content (AvgIpc) is 2.39. The summed E-state index contributed by atoms with van der Waals surface area (Å²) in [5, 5.41) is 0. The van der Waals surface area contributed by atoms with Gasteiger partial charge in [-0.25, -0.2) is 0 Å². The molecule has 12 heavy (non-hydrogen) atoms. The molecule has 2 atom stereocenters. The van der Waals surface area contributed by atoms with Gasteiger partial charge in [-0.15, -0.1) is 0 Å². The third-order valence-electron chi connectivity index (χ3n) is 2.66. The van der Waals surface area contributed by atoms with Gasteiger partial charge in [0, 0.05) is 0 Å². The Morgan fingerprint density at radius 3 is 3.08 bits per heavy atom. The van der Waals surface area contributed by atoms with Gasteiger partial charge in [0.15, 0.2) is 5.78 Å². The largest absolute Gasteiger partial charge is 0.371 e. The van der Waals surface area contributed by atoms with E-state index in [1.165, 1.54) is 12.0 Å². The van der Waals surface area contributed by atoms with Crippen molar-refractivity contribution in [1.29, 1.82) is 0 Å². The fraction of sp³-hybridized carbons (Fsp3) is 0.700. The van der Waals surface area contributed by atoms with E-state index in [0.29, 0.717) is 6.10 Å². The lowest BCUT2D eigenvalue weighted by atomic mass is 10.0. The second-order valence-electron chi connectivity index (χ2n) is 3.69. The maximum atomic E-state index is 10.9. The van der Waals surface area contributed by atoms with E-state index in [4.69, 9.17) is 4.74 Å². The Hall–Kier alpha value is -0.630. The summed E-state index contributed by atoms with van der Waals surface area (Å²) >= 11 is 0. The number of ketones is 1. The van der Waals surface area contributed by atoms with E-state index < -0.39 is 0 Å². The molecule has 0 aromatic carbocycles. The molecule has 0 saturated carbocycles. The lowest BCUT2D eigenvalue weighted by molar-refractivity contribution is -0.112. The van der Waals surface area contributed by atoms with E-state index in [0.717, 1.165) is 19.3 Å². The lowest BCUT2D eigenvalue weighted by Gasteiger charge is -2.22. The molecule has 2 saturated heterocycles. The van der Waals surface area contributed by atoms with E-state index >= 15 is 0 Å². The summed E-state index contributed by atoms with van der Waals surface area (Å²) in [6, 6.07) is 0. The minimum absolute atomic E-state index is 0.152. The summed E-state index contributed by atoms with van der Waals surface area (Å²) in [5.74, 6) is 0.152. The van der Waals surface area contributed by atoms with Crippen LogP contribution >= 0.6 is 0 Å². The molecular formula is C10H14O2. The molecule has 66 valence electrons. The topological polar surface area (TPSA) is 26.3 Å². The Morgan fingerprint density at radius 2 is 2.33 bits per heavy atom. The van der Waals surface area contributed by atoms with E-state index in [-0.39, 0.29) is 11.9 Å². The maximum absolute atomic E-state index is 10.9. The number of allylic oxidation sites excluding steroid dienone is 1. The summed E-state index contributed by atoms with van der Waals surface area (Å²) in [5.41, 5.74) is 1.22. The predicted molar refractivity (Wildman–Crippen MR) is 45.9 cm³/mol. The second-order valence-corrected chi connectivity index (χ2v) is 3.69. The van der Waals surface area contributed by atoms with Gasteiger partial charge >= 0.3 is 0 Å². The molecule has 0 N–H and O–H groups in total. The normalized spacial score (nSPS) is 37.2. The van der Waals surface area contributed by atoms with Crippen molar-refractivity contribution in [1.82, 2.24) is 0 Å². The van der Waals surface area contributed by atoms with E-state index in [1.807, 2.05) is 0 Å². The first-order valence-electron chi connectivity index (χ1n) is 4.62. The van der Waals surface area contributed by atoms with Crippen molar-refractivity contribution in [2.45, 2.75) is 44.8 Å². The van der Waals surface area contributed by atoms with Crippen LogP contribution < -0.4 is 0 Å². The fourth-order valence-electron chi connectivity index (χ4n) is 2.11. The summed E-state index contributed by atoms with van der Waals surface area (Å²) in [6.07, 6.45) is 6.98. The van der Waals surface area contributed by atoms with Crippen molar-refractivity contribution in [3.8, 4) is 0 Å². The van der Waals surface area contributed by atoms with Crippen LogP contribution in [0.2, 0.25) is 0 Å². The molecule has 2 heteroatoms. The molecule has 0 amide bonds. The molecule has 2 heterocycles. The molecule has 0 spiro atoms. The quantitative estimate of drug-likeness (QED) is 0.555. The smallest absolute Gasteiger partial charge is 0.152 e. The minimum Gasteiger partial charge on any atom is -0.371 e. The van der Waals surface area contributed by atoms with Gasteiger partial charge in [0.2, 0.25) is 0 Å². The number of ether oxygens (including phenoxy) is 1. The van der Waals surface area contributed by atoms with Crippen molar-refractivity contribution < 1.29 is 9.53 Å². The molecule has 2 aliphatic rings. The van der Waals surface area contributed by atoms with Gasteiger partial charge in [-0.05, 0) is 44.3 Å². The Labute approximate surface area is 72.6 Å². The summed E-state index contributed by atoms with van der Waals surface area (Å²) in [7, 11) is 0. The van der Waals surface area contributed by atoms with Crippen LogP contribution in [0.3, 0.4) is 0 Å². The third-order valence-corrected chi connectivity index (χ3v) is 2.66. The number of fused-ring (bicyclic) bond motifs is 2. The fourth-order valence-corrected chi connectivity index (χ4v) is 2.11. The van der Waals surface area contributed by atoms with Crippen LogP contribution in [0.5, 0.6) is 0 Å². The zero-order valence-corrected chi connectivity index (χ0v) is 7.38. The van der Waals surface area contributed by atoms with Gasteiger partial charge in [0.1, 0.15) is 0 Å². The monoisotopic (exact) mass is 166 g/mol. The molecular weight excluding hydrogens is 152 g/mol. The molecule has 0 aromatic heterocycles. The Kier molecular flexibility index (Phi) is 2.01. The van der Waals surface area contributed by atoms with Crippen molar-refractivity contribution in [3.05, 3.63) is 11.6 Å². The van der Waals surface area contributed by atoms with Crippen LogP contribution in [-0.4, -0.2) is 18.0 Å². The van der Waals surface area contributed by atoms with Crippen LogP contribution in [0.1, 0.15) is 32.6 Å². The lowest BCUT2D eigenvalue weighted by Crippen LogP contribution is -2.20. The molecule has 2 bridgehead atoms. The second kappa shape index (κ2) is 3.02. The predicted octanol–water partition coefficient (Wildman–Crippen LogP) is 1.84. The van der Waals surface area contributed by atoms with Gasteiger partial charge in [-0.1, -0.05) is 0 Å². The highest BCUT2D eigenvalue weighted by atomic mass is 16.5. The van der Waals surface area contributed by atoms with E-state index in [9.17, 15) is 4.79 Å². The van der Waals surface area contributed by atoms with Gasteiger partial charge in [0.05, 0.1) is 12.2 Å². The van der Waals surface area contributed by atoms with Gasteiger partial charge in [0.25, 0.3) is 0 Å². The average molecular weight is 166 g/mol. The first-order valence-corrected chi connectivity index (χ1v) is 4.62. The zero-order chi connectivity index (χ0) is 8.55. The molecule has 0 aliphatic carbocycles. The van der Waals surface area contributed by atoms with Gasteiger partial charge in [-0.3, -0.25) is 4.79 Å². The first-order chi connectivity index (χ1) is 5.75. The SMILES string of the molecule is CC(=O)/C=C1/CCC2CCC1O2. The molecule has 2 rings (SSSR count). The van der Waals surface area contributed by atoms with Gasteiger partial charge < -0.3 is 4.74 Å². The molecule has 0 radical (unpaired) electrons. The first kappa shape index (κ1) is 7.99. The van der Waals surface area contributed by atoms with E-state index in [1.54, 1.807) is 13.0 Å². The van der Waals surface area contributed by atoms with Crippen LogP contribution in [0.15, 0.2) is 11.6 Å². The summed E-state index contributed by atoms with van der Waals surface area (Å²) in [6.45, 7) is 1.61. The van der Waals surface area contributed by atoms with Crippen molar-refractivity contribution in [2.24, 2.45) is 0 Å². The summed E-state index contributed by atoms with van der Waals surface area (Å²) < 4.78 is 5.69. The summed E-state index contributed by atoms with van der Waals surface area (Å²) in [4.78, 5) is 10.9. The Bertz CT molecular complexity index is 230. The number of hydrogen-bond acceptors (Lipinski definition) is 2. The maximum Gasteiger partial charge on any atom is 0.152 e. The molecule has 2 nitrogen and oxygen atoms in total. The third kappa shape index (κ3) is 1.44. The Morgan fingerprint density at radius 1 is 1.50 bits per heavy atom. The van der Waals surface area contributed by atoms with Crippen LogP contribution in [-0.2, 0) is 9.53 Å². The molecule has 2 aliphatic heterocycles. The highest BCUT2D eigenvalue weighted by Crippen LogP contribution is 2.35. The standard InChI is InChI=1S/C10H14O2/c1-7(11)6-8-2-3-9-4-5-10(8)12-9/h6,9-10H,2-5H2,1H3/b8-6-. The Balaban J connectivity index is 2.12. The van der Waals surface area contributed by atoms with Crippen LogP contribution in [0.4, 0.5) is 0 Å². The van der Waals surface area contributed by atoms with Crippen LogP contribution in [0, 0.1) is 0 Å². The number of rotatable bonds is 1. The van der Waals surface area contributed by atoms with Crippen molar-refractivity contribution in [3.63, 3.8) is 0 Å². The van der Waals surface area contributed by atoms with Crippen molar-refractivity contribution in [2.75, 3.05) is 0 Å². The van der Waals surface area contributed by atoms with Gasteiger partial charge in [-0.2, -0.15) is 0 Å². The van der Waals surface area contributed by atoms with E-state index in [2.05, 4.69) is 0 Å².